The van der Waals surface area contributed by atoms with Gasteiger partial charge in [-0.1, -0.05) is 11.6 Å². The fourth-order valence-corrected chi connectivity index (χ4v) is 5.25. The highest BCUT2D eigenvalue weighted by atomic mass is 35.5. The number of hydrogen-bond acceptors (Lipinski definition) is 5. The molecule has 0 amide bonds. The lowest BCUT2D eigenvalue weighted by molar-refractivity contribution is 0.00455. The Kier molecular flexibility index (Phi) is 5.22. The average Bonchev–Trinajstić information content (AvgIpc) is 3.48. The first-order valence-electron chi connectivity index (χ1n) is 11.5. The molecule has 0 N–H and O–H groups in total. The van der Waals surface area contributed by atoms with Gasteiger partial charge in [-0.25, -0.2) is 14.4 Å². The van der Waals surface area contributed by atoms with E-state index in [1.54, 1.807) is 27.4 Å². The summed E-state index contributed by atoms with van der Waals surface area (Å²) in [6.45, 7) is 0.561. The molecule has 1 aliphatic heterocycles. The molecule has 1 aliphatic carbocycles. The van der Waals surface area contributed by atoms with Crippen LogP contribution in [0.2, 0.25) is 5.02 Å². The molecule has 3 aromatic heterocycles. The number of rotatable bonds is 3. The summed E-state index contributed by atoms with van der Waals surface area (Å²) in [7, 11) is 1.87. The highest BCUT2D eigenvalue weighted by Gasteiger charge is 2.29. The Morgan fingerprint density at radius 2 is 2.09 bits per heavy atom. The lowest BCUT2D eigenvalue weighted by Gasteiger charge is -2.29. The molecule has 0 saturated carbocycles. The van der Waals surface area contributed by atoms with E-state index >= 15 is 4.39 Å². The van der Waals surface area contributed by atoms with Crippen molar-refractivity contribution in [3.05, 3.63) is 80.5 Å². The molecule has 6 rings (SSSR count). The molecular formula is C25H23ClFN5O2. The molecule has 1 saturated heterocycles. The minimum absolute atomic E-state index is 0.0395. The van der Waals surface area contributed by atoms with Crippen LogP contribution in [0, 0.1) is 5.82 Å². The highest BCUT2D eigenvalue weighted by molar-refractivity contribution is 6.30. The molecule has 1 aromatic carbocycles. The normalized spacial score (nSPS) is 20.1. The number of benzene rings is 1. The second kappa shape index (κ2) is 8.29. The van der Waals surface area contributed by atoms with Gasteiger partial charge in [-0.3, -0.25) is 13.9 Å². The molecule has 0 spiro atoms. The van der Waals surface area contributed by atoms with E-state index in [-0.39, 0.29) is 23.1 Å². The number of nitrogens with zero attached hydrogens (tertiary/aromatic N) is 5. The molecule has 7 nitrogen and oxygen atoms in total. The summed E-state index contributed by atoms with van der Waals surface area (Å²) in [6, 6.07) is 4.49. The standard InChI is InChI=1S/C25H23ClFN5O2/c1-31-12-15(11-28-31)22-9-14(7-8-34-22)21-13-32-24(30-20-4-2-3-18(20)25(32)33)23(29-21)17-6-5-16(26)10-19(17)27/h5-6,10-14,22H,2-4,7-9H2,1H3/t14-,22+/m0/s1. The van der Waals surface area contributed by atoms with E-state index in [0.717, 1.165) is 41.8 Å². The molecule has 174 valence electrons. The summed E-state index contributed by atoms with van der Waals surface area (Å²) < 4.78 is 24.4. The Labute approximate surface area is 200 Å². The molecule has 2 aliphatic rings. The molecule has 4 heterocycles. The summed E-state index contributed by atoms with van der Waals surface area (Å²) in [5.74, 6) is -0.452. The van der Waals surface area contributed by atoms with E-state index in [0.29, 0.717) is 35.8 Å². The van der Waals surface area contributed by atoms with E-state index in [2.05, 4.69) is 5.10 Å². The summed E-state index contributed by atoms with van der Waals surface area (Å²) in [6.07, 6.45) is 9.24. The van der Waals surface area contributed by atoms with Gasteiger partial charge in [0.2, 0.25) is 0 Å². The van der Waals surface area contributed by atoms with Crippen LogP contribution in [0.4, 0.5) is 4.39 Å². The van der Waals surface area contributed by atoms with E-state index in [9.17, 15) is 4.79 Å². The summed E-state index contributed by atoms with van der Waals surface area (Å²) in [5.41, 5.74) is 4.21. The molecule has 4 aromatic rings. The van der Waals surface area contributed by atoms with Crippen molar-refractivity contribution in [3.8, 4) is 11.3 Å². The van der Waals surface area contributed by atoms with Crippen LogP contribution in [-0.2, 0) is 24.6 Å². The van der Waals surface area contributed by atoms with Gasteiger partial charge in [0.15, 0.2) is 5.65 Å². The maximum absolute atomic E-state index is 15.0. The lowest BCUT2D eigenvalue weighted by Crippen LogP contribution is -2.24. The summed E-state index contributed by atoms with van der Waals surface area (Å²) in [5, 5.41) is 4.56. The van der Waals surface area contributed by atoms with Gasteiger partial charge in [0.1, 0.15) is 11.5 Å². The third-order valence-electron chi connectivity index (χ3n) is 6.83. The van der Waals surface area contributed by atoms with Crippen molar-refractivity contribution in [1.29, 1.82) is 0 Å². The van der Waals surface area contributed by atoms with E-state index in [1.165, 1.54) is 6.07 Å². The zero-order valence-electron chi connectivity index (χ0n) is 18.7. The number of hydrogen-bond donors (Lipinski definition) is 0. The van der Waals surface area contributed by atoms with Crippen LogP contribution in [0.25, 0.3) is 16.9 Å². The van der Waals surface area contributed by atoms with Crippen LogP contribution in [-0.4, -0.2) is 30.8 Å². The van der Waals surface area contributed by atoms with Gasteiger partial charge in [0, 0.05) is 53.7 Å². The average molecular weight is 480 g/mol. The summed E-state index contributed by atoms with van der Waals surface area (Å²) >= 11 is 6.00. The van der Waals surface area contributed by atoms with Crippen LogP contribution < -0.4 is 5.56 Å². The third kappa shape index (κ3) is 3.61. The molecular weight excluding hydrogens is 457 g/mol. The smallest absolute Gasteiger partial charge is 0.261 e. The Balaban J connectivity index is 1.52. The lowest BCUT2D eigenvalue weighted by atomic mass is 9.90. The van der Waals surface area contributed by atoms with Gasteiger partial charge < -0.3 is 4.74 Å². The molecule has 0 bridgehead atoms. The first-order chi connectivity index (χ1) is 16.5. The molecule has 1 fully saturated rings. The topological polar surface area (TPSA) is 74.3 Å². The number of fused-ring (bicyclic) bond motifs is 2. The predicted molar refractivity (Wildman–Crippen MR) is 126 cm³/mol. The minimum Gasteiger partial charge on any atom is -0.373 e. The van der Waals surface area contributed by atoms with E-state index in [4.69, 9.17) is 26.3 Å². The summed E-state index contributed by atoms with van der Waals surface area (Å²) in [4.78, 5) is 23.1. The van der Waals surface area contributed by atoms with Crippen LogP contribution in [0.3, 0.4) is 0 Å². The van der Waals surface area contributed by atoms with Crippen LogP contribution >= 0.6 is 11.6 Å². The van der Waals surface area contributed by atoms with E-state index in [1.807, 2.05) is 19.4 Å². The quantitative estimate of drug-likeness (QED) is 0.435. The molecule has 0 unspecified atom stereocenters. The fraction of sp³-hybridized carbons (Fsp3) is 0.360. The van der Waals surface area contributed by atoms with E-state index < -0.39 is 5.82 Å². The van der Waals surface area contributed by atoms with Crippen LogP contribution in [0.1, 0.15) is 53.8 Å². The molecule has 0 radical (unpaired) electrons. The van der Waals surface area contributed by atoms with Gasteiger partial charge in [0.05, 0.1) is 23.7 Å². The fourth-order valence-electron chi connectivity index (χ4n) is 5.09. The third-order valence-corrected chi connectivity index (χ3v) is 7.07. The molecule has 2 atom stereocenters. The second-order valence-electron chi connectivity index (χ2n) is 9.06. The van der Waals surface area contributed by atoms with Gasteiger partial charge in [-0.2, -0.15) is 5.10 Å². The highest BCUT2D eigenvalue weighted by Crippen LogP contribution is 2.38. The number of aromatic nitrogens is 5. The van der Waals surface area contributed by atoms with Crippen LogP contribution in [0.15, 0.2) is 41.6 Å². The Morgan fingerprint density at radius 3 is 2.88 bits per heavy atom. The van der Waals surface area contributed by atoms with Crippen molar-refractivity contribution < 1.29 is 9.13 Å². The zero-order valence-corrected chi connectivity index (χ0v) is 19.4. The Hall–Kier alpha value is -3.10. The number of aryl methyl sites for hydroxylation is 2. The van der Waals surface area contributed by atoms with Gasteiger partial charge in [-0.05, 0) is 50.3 Å². The molecule has 9 heteroatoms. The first kappa shape index (κ1) is 21.4. The van der Waals surface area contributed by atoms with Gasteiger partial charge >= 0.3 is 0 Å². The largest absolute Gasteiger partial charge is 0.373 e. The number of halogens is 2. The van der Waals surface area contributed by atoms with Crippen molar-refractivity contribution in [2.45, 2.75) is 44.1 Å². The van der Waals surface area contributed by atoms with Gasteiger partial charge in [-0.15, -0.1) is 0 Å². The van der Waals surface area contributed by atoms with Crippen molar-refractivity contribution in [2.24, 2.45) is 7.05 Å². The van der Waals surface area contributed by atoms with Crippen molar-refractivity contribution >= 4 is 17.2 Å². The predicted octanol–water partition coefficient (Wildman–Crippen LogP) is 4.41. The minimum atomic E-state index is -0.492. The molecule has 34 heavy (non-hydrogen) atoms. The Bertz CT molecular complexity index is 1480. The van der Waals surface area contributed by atoms with Crippen molar-refractivity contribution in [3.63, 3.8) is 0 Å². The van der Waals surface area contributed by atoms with Crippen molar-refractivity contribution in [1.82, 2.24) is 24.1 Å². The second-order valence-corrected chi connectivity index (χ2v) is 9.49. The van der Waals surface area contributed by atoms with Gasteiger partial charge in [0.25, 0.3) is 5.56 Å². The maximum atomic E-state index is 15.0. The first-order valence-corrected chi connectivity index (χ1v) is 11.9. The Morgan fingerprint density at radius 1 is 1.21 bits per heavy atom. The van der Waals surface area contributed by atoms with Crippen LogP contribution in [0.5, 0.6) is 0 Å². The monoisotopic (exact) mass is 479 g/mol. The maximum Gasteiger partial charge on any atom is 0.261 e. The SMILES string of the molecule is Cn1cc([C@H]2C[C@@H](c3cn4c(=O)c5c(nc4c(-c4ccc(Cl)cc4F)n3)CCC5)CCO2)cn1. The number of ether oxygens (including phenoxy) is 1. The zero-order chi connectivity index (χ0) is 23.4. The van der Waals surface area contributed by atoms with Crippen molar-refractivity contribution in [2.75, 3.05) is 6.61 Å².